The van der Waals surface area contributed by atoms with Crippen LogP contribution in [-0.2, 0) is 16.1 Å². The third-order valence-corrected chi connectivity index (χ3v) is 6.26. The number of benzene rings is 2. The maximum absolute atomic E-state index is 13.5. The van der Waals surface area contributed by atoms with E-state index < -0.39 is 0 Å². The highest BCUT2D eigenvalue weighted by Crippen LogP contribution is 2.22. The summed E-state index contributed by atoms with van der Waals surface area (Å²) in [6.07, 6.45) is 2.44. The predicted octanol–water partition coefficient (Wildman–Crippen LogP) is 3.59. The lowest BCUT2D eigenvalue weighted by Crippen LogP contribution is -2.43. The molecule has 2 aromatic carbocycles. The highest BCUT2D eigenvalue weighted by molar-refractivity contribution is 5.79. The zero-order chi connectivity index (χ0) is 23.9. The molecule has 1 aromatic heterocycles. The molecule has 1 aliphatic heterocycles. The topological polar surface area (TPSA) is 76.5 Å². The molecule has 3 aromatic rings. The summed E-state index contributed by atoms with van der Waals surface area (Å²) in [7, 11) is 0. The molecule has 34 heavy (non-hydrogen) atoms. The maximum atomic E-state index is 13.5. The summed E-state index contributed by atoms with van der Waals surface area (Å²) >= 11 is 0. The summed E-state index contributed by atoms with van der Waals surface area (Å²) in [5.74, 6) is 0.533. The highest BCUT2D eigenvalue weighted by atomic mass is 16.5. The molecular formula is C27H34N4O3. The van der Waals surface area contributed by atoms with E-state index in [-0.39, 0.29) is 23.5 Å². The summed E-state index contributed by atoms with van der Waals surface area (Å²) in [5, 5.41) is 3.03. The second-order valence-corrected chi connectivity index (χ2v) is 9.13. The van der Waals surface area contributed by atoms with Gasteiger partial charge in [0.15, 0.2) is 5.82 Å². The first kappa shape index (κ1) is 24.0. The Hall–Kier alpha value is -3.19. The lowest BCUT2D eigenvalue weighted by molar-refractivity contribution is -0.125. The molecule has 2 heterocycles. The average Bonchev–Trinajstić information content (AvgIpc) is 2.86. The number of piperidine rings is 1. The number of hydrogen-bond acceptors (Lipinski definition) is 5. The minimum atomic E-state index is -0.0874. The van der Waals surface area contributed by atoms with Crippen molar-refractivity contribution in [3.8, 4) is 0 Å². The van der Waals surface area contributed by atoms with Crippen LogP contribution in [0.3, 0.4) is 0 Å². The van der Waals surface area contributed by atoms with Gasteiger partial charge in [0.05, 0.1) is 23.7 Å². The van der Waals surface area contributed by atoms with Gasteiger partial charge in [-0.15, -0.1) is 0 Å². The fraction of sp³-hybridized carbons (Fsp3) is 0.444. The van der Waals surface area contributed by atoms with E-state index in [4.69, 9.17) is 9.72 Å². The fourth-order valence-electron chi connectivity index (χ4n) is 4.41. The van der Waals surface area contributed by atoms with E-state index in [0.717, 1.165) is 23.0 Å². The fourth-order valence-corrected chi connectivity index (χ4v) is 4.41. The monoisotopic (exact) mass is 462 g/mol. The first-order chi connectivity index (χ1) is 16.5. The minimum Gasteiger partial charge on any atom is -0.379 e. The van der Waals surface area contributed by atoms with Crippen LogP contribution in [-0.4, -0.2) is 47.8 Å². The van der Waals surface area contributed by atoms with Crippen molar-refractivity contribution in [3.05, 3.63) is 70.5 Å². The molecule has 0 spiro atoms. The number of fused-ring (bicyclic) bond motifs is 1. The van der Waals surface area contributed by atoms with E-state index in [0.29, 0.717) is 51.4 Å². The number of ether oxygens (including phenoxy) is 1. The molecular weight excluding hydrogens is 428 g/mol. The lowest BCUT2D eigenvalue weighted by atomic mass is 9.96. The van der Waals surface area contributed by atoms with Crippen molar-refractivity contribution < 1.29 is 9.53 Å². The van der Waals surface area contributed by atoms with Gasteiger partial charge in [-0.1, -0.05) is 42.5 Å². The van der Waals surface area contributed by atoms with E-state index in [1.165, 1.54) is 0 Å². The zero-order valence-electron chi connectivity index (χ0n) is 20.1. The van der Waals surface area contributed by atoms with Crippen molar-refractivity contribution in [2.45, 2.75) is 45.8 Å². The summed E-state index contributed by atoms with van der Waals surface area (Å²) in [6, 6.07) is 17.8. The molecule has 1 fully saturated rings. The van der Waals surface area contributed by atoms with Crippen molar-refractivity contribution in [1.29, 1.82) is 0 Å². The number of aromatic nitrogens is 2. The number of rotatable bonds is 9. The first-order valence-electron chi connectivity index (χ1n) is 12.2. The molecule has 1 saturated heterocycles. The Balaban J connectivity index is 1.44. The number of amides is 1. The predicted molar refractivity (Wildman–Crippen MR) is 135 cm³/mol. The smallest absolute Gasteiger partial charge is 0.294 e. The van der Waals surface area contributed by atoms with Gasteiger partial charge in [0, 0.05) is 32.2 Å². The normalized spacial score (nSPS) is 14.6. The van der Waals surface area contributed by atoms with Crippen LogP contribution in [0, 0.1) is 5.92 Å². The van der Waals surface area contributed by atoms with Gasteiger partial charge in [-0.3, -0.25) is 14.2 Å². The van der Waals surface area contributed by atoms with Crippen LogP contribution in [0.5, 0.6) is 0 Å². The van der Waals surface area contributed by atoms with Crippen molar-refractivity contribution in [2.75, 3.05) is 31.1 Å². The number of hydrogen-bond donors (Lipinski definition) is 1. The van der Waals surface area contributed by atoms with E-state index in [1.54, 1.807) is 0 Å². The summed E-state index contributed by atoms with van der Waals surface area (Å²) < 4.78 is 7.34. The Bertz CT molecular complexity index is 1150. The van der Waals surface area contributed by atoms with Gasteiger partial charge >= 0.3 is 0 Å². The number of anilines is 1. The molecule has 1 amide bonds. The molecule has 180 valence electrons. The Morgan fingerprint density at radius 3 is 2.53 bits per heavy atom. The van der Waals surface area contributed by atoms with Gasteiger partial charge in [-0.2, -0.15) is 0 Å². The van der Waals surface area contributed by atoms with Gasteiger partial charge in [-0.05, 0) is 50.8 Å². The molecule has 7 nitrogen and oxygen atoms in total. The van der Waals surface area contributed by atoms with E-state index in [2.05, 4.69) is 5.32 Å². The molecule has 1 aliphatic rings. The molecule has 1 N–H and O–H groups in total. The van der Waals surface area contributed by atoms with E-state index in [1.807, 2.05) is 77.9 Å². The first-order valence-corrected chi connectivity index (χ1v) is 12.2. The quantitative estimate of drug-likeness (QED) is 0.492. The van der Waals surface area contributed by atoms with Crippen molar-refractivity contribution in [3.63, 3.8) is 0 Å². The van der Waals surface area contributed by atoms with E-state index in [9.17, 15) is 9.59 Å². The van der Waals surface area contributed by atoms with Gasteiger partial charge in [-0.25, -0.2) is 4.98 Å². The van der Waals surface area contributed by atoms with Gasteiger partial charge in [0.2, 0.25) is 5.91 Å². The van der Waals surface area contributed by atoms with Crippen molar-refractivity contribution in [1.82, 2.24) is 14.9 Å². The van der Waals surface area contributed by atoms with Crippen LogP contribution < -0.4 is 15.8 Å². The number of para-hydroxylation sites is 2. The molecule has 0 atom stereocenters. The molecule has 0 bridgehead atoms. The largest absolute Gasteiger partial charge is 0.379 e. The third-order valence-electron chi connectivity index (χ3n) is 6.26. The molecule has 0 saturated carbocycles. The second kappa shape index (κ2) is 11.3. The van der Waals surface area contributed by atoms with Gasteiger partial charge in [0.25, 0.3) is 5.56 Å². The maximum Gasteiger partial charge on any atom is 0.294 e. The van der Waals surface area contributed by atoms with Crippen molar-refractivity contribution >= 4 is 22.8 Å². The molecule has 0 aliphatic carbocycles. The third kappa shape index (κ3) is 5.83. The summed E-state index contributed by atoms with van der Waals surface area (Å²) in [5.41, 5.74) is 2.61. The Labute approximate surface area is 200 Å². The molecule has 0 unspecified atom stereocenters. The molecule has 4 rings (SSSR count). The SMILES string of the molecule is CC(C)OCCCNC(=O)C1CCN(c2nc3ccccc3n(Cc3ccccc3)c2=O)CC1. The molecule has 0 radical (unpaired) electrons. The summed E-state index contributed by atoms with van der Waals surface area (Å²) in [6.45, 7) is 7.07. The number of nitrogens with one attached hydrogen (secondary N) is 1. The minimum absolute atomic E-state index is 0.0331. The zero-order valence-corrected chi connectivity index (χ0v) is 20.1. The number of nitrogens with zero attached hydrogens (tertiary/aromatic N) is 3. The Morgan fingerprint density at radius 1 is 1.09 bits per heavy atom. The van der Waals surface area contributed by atoms with Crippen molar-refractivity contribution in [2.24, 2.45) is 5.92 Å². The van der Waals surface area contributed by atoms with Crippen LogP contribution in [0.15, 0.2) is 59.4 Å². The van der Waals surface area contributed by atoms with Crippen LogP contribution in [0.2, 0.25) is 0 Å². The Kier molecular flexibility index (Phi) is 7.95. The van der Waals surface area contributed by atoms with E-state index >= 15 is 0 Å². The highest BCUT2D eigenvalue weighted by Gasteiger charge is 2.27. The average molecular weight is 463 g/mol. The number of carbonyl (C=O) groups is 1. The van der Waals surface area contributed by atoms with Crippen LogP contribution in [0.25, 0.3) is 11.0 Å². The summed E-state index contributed by atoms with van der Waals surface area (Å²) in [4.78, 5) is 32.9. The standard InChI is InChI=1S/C27H34N4O3/c1-20(2)34-18-8-15-28-26(32)22-13-16-30(17-14-22)25-27(33)31(19-21-9-4-3-5-10-21)24-12-7-6-11-23(24)29-25/h3-7,9-12,20,22H,8,13-19H2,1-2H3,(H,28,32). The second-order valence-electron chi connectivity index (χ2n) is 9.13. The van der Waals surface area contributed by atoms with Crippen LogP contribution >= 0.6 is 0 Å². The van der Waals surface area contributed by atoms with Crippen LogP contribution in [0.1, 0.15) is 38.7 Å². The van der Waals surface area contributed by atoms with Gasteiger partial charge in [0.1, 0.15) is 0 Å². The number of carbonyl (C=O) groups excluding carboxylic acids is 1. The van der Waals surface area contributed by atoms with Crippen LogP contribution in [0.4, 0.5) is 5.82 Å². The van der Waals surface area contributed by atoms with Gasteiger partial charge < -0.3 is 15.0 Å². The Morgan fingerprint density at radius 2 is 1.79 bits per heavy atom. The lowest BCUT2D eigenvalue weighted by Gasteiger charge is -2.32. The molecule has 7 heteroatoms.